The van der Waals surface area contributed by atoms with Crippen molar-refractivity contribution in [1.29, 1.82) is 0 Å². The Labute approximate surface area is 97.9 Å². The zero-order valence-corrected chi connectivity index (χ0v) is 10.3. The highest BCUT2D eigenvalue weighted by atomic mass is 15.2. The van der Waals surface area contributed by atoms with Gasteiger partial charge in [-0.05, 0) is 12.8 Å². The van der Waals surface area contributed by atoms with Gasteiger partial charge in [-0.15, -0.1) is 0 Å². The highest BCUT2D eigenvalue weighted by Crippen LogP contribution is 2.13. The van der Waals surface area contributed by atoms with Crippen LogP contribution in [0.2, 0.25) is 0 Å². The van der Waals surface area contributed by atoms with E-state index in [2.05, 4.69) is 28.7 Å². The van der Waals surface area contributed by atoms with Crippen LogP contribution in [0.15, 0.2) is 12.4 Å². The van der Waals surface area contributed by atoms with Crippen LogP contribution < -0.4 is 10.6 Å². The quantitative estimate of drug-likeness (QED) is 0.770. The summed E-state index contributed by atoms with van der Waals surface area (Å²) in [6.07, 6.45) is 6.31. The summed E-state index contributed by atoms with van der Waals surface area (Å²) in [5, 5.41) is 0. The molecule has 0 amide bonds. The number of rotatable bonds is 7. The molecule has 0 bridgehead atoms. The first-order valence-electron chi connectivity index (χ1n) is 6.10. The summed E-state index contributed by atoms with van der Waals surface area (Å²) >= 11 is 0. The van der Waals surface area contributed by atoms with E-state index in [-0.39, 0.29) is 0 Å². The van der Waals surface area contributed by atoms with Crippen molar-refractivity contribution in [2.45, 2.75) is 39.5 Å². The molecular formula is C12H22N4. The highest BCUT2D eigenvalue weighted by Gasteiger charge is 2.07. The van der Waals surface area contributed by atoms with Crippen molar-refractivity contribution in [2.24, 2.45) is 0 Å². The van der Waals surface area contributed by atoms with E-state index in [0.717, 1.165) is 18.9 Å². The SMILES string of the molecule is CCCCN(CCCC)c1cc(N)ncn1. The van der Waals surface area contributed by atoms with Gasteiger partial charge in [0.25, 0.3) is 0 Å². The Hall–Kier alpha value is -1.32. The molecule has 4 heteroatoms. The normalized spacial score (nSPS) is 10.4. The largest absolute Gasteiger partial charge is 0.384 e. The van der Waals surface area contributed by atoms with Gasteiger partial charge in [0.05, 0.1) is 0 Å². The summed E-state index contributed by atoms with van der Waals surface area (Å²) in [5.41, 5.74) is 5.68. The molecule has 0 saturated carbocycles. The zero-order chi connectivity index (χ0) is 11.8. The van der Waals surface area contributed by atoms with E-state index in [4.69, 9.17) is 5.73 Å². The van der Waals surface area contributed by atoms with E-state index < -0.39 is 0 Å². The van der Waals surface area contributed by atoms with Crippen LogP contribution in [0.25, 0.3) is 0 Å². The number of nitrogen functional groups attached to an aromatic ring is 1. The van der Waals surface area contributed by atoms with E-state index in [0.29, 0.717) is 5.82 Å². The lowest BCUT2D eigenvalue weighted by Gasteiger charge is -2.23. The van der Waals surface area contributed by atoms with Gasteiger partial charge >= 0.3 is 0 Å². The second kappa shape index (κ2) is 7.04. The Kier molecular flexibility index (Phi) is 5.61. The minimum atomic E-state index is 0.544. The Bertz CT molecular complexity index is 293. The summed E-state index contributed by atoms with van der Waals surface area (Å²) in [6, 6.07) is 1.85. The molecule has 0 atom stereocenters. The predicted octanol–water partition coefficient (Wildman–Crippen LogP) is 2.47. The smallest absolute Gasteiger partial charge is 0.134 e. The molecular weight excluding hydrogens is 200 g/mol. The van der Waals surface area contributed by atoms with E-state index in [1.165, 1.54) is 32.0 Å². The van der Waals surface area contributed by atoms with Crippen LogP contribution in [0, 0.1) is 0 Å². The van der Waals surface area contributed by atoms with Crippen LogP contribution in [-0.4, -0.2) is 23.1 Å². The molecule has 0 unspecified atom stereocenters. The molecule has 1 aromatic rings. The Balaban J connectivity index is 2.66. The highest BCUT2D eigenvalue weighted by molar-refractivity contribution is 5.45. The number of unbranched alkanes of at least 4 members (excludes halogenated alkanes) is 2. The maximum Gasteiger partial charge on any atom is 0.134 e. The summed E-state index contributed by atoms with van der Waals surface area (Å²) < 4.78 is 0. The molecule has 16 heavy (non-hydrogen) atoms. The van der Waals surface area contributed by atoms with E-state index in [9.17, 15) is 0 Å². The second-order valence-corrected chi connectivity index (χ2v) is 4.00. The lowest BCUT2D eigenvalue weighted by Crippen LogP contribution is -2.26. The van der Waals surface area contributed by atoms with Crippen molar-refractivity contribution in [3.8, 4) is 0 Å². The fourth-order valence-corrected chi connectivity index (χ4v) is 1.57. The number of aromatic nitrogens is 2. The molecule has 1 rings (SSSR count). The first kappa shape index (κ1) is 12.7. The van der Waals surface area contributed by atoms with Gasteiger partial charge in [-0.2, -0.15) is 0 Å². The number of hydrogen-bond donors (Lipinski definition) is 1. The Morgan fingerprint density at radius 3 is 2.25 bits per heavy atom. The maximum absolute atomic E-state index is 5.68. The molecule has 1 heterocycles. The molecule has 90 valence electrons. The molecule has 0 saturated heterocycles. The average Bonchev–Trinajstić information content (AvgIpc) is 2.29. The molecule has 0 aliphatic rings. The van der Waals surface area contributed by atoms with Crippen molar-refractivity contribution in [3.05, 3.63) is 12.4 Å². The number of nitrogens with two attached hydrogens (primary N) is 1. The third-order valence-electron chi connectivity index (χ3n) is 2.56. The topological polar surface area (TPSA) is 55.0 Å². The van der Waals surface area contributed by atoms with Gasteiger partial charge in [0.2, 0.25) is 0 Å². The van der Waals surface area contributed by atoms with Crippen molar-refractivity contribution >= 4 is 11.6 Å². The van der Waals surface area contributed by atoms with Crippen molar-refractivity contribution < 1.29 is 0 Å². The van der Waals surface area contributed by atoms with Gasteiger partial charge in [0.1, 0.15) is 18.0 Å². The first-order chi connectivity index (χ1) is 7.77. The molecule has 0 spiro atoms. The fourth-order valence-electron chi connectivity index (χ4n) is 1.57. The molecule has 2 N–H and O–H groups in total. The summed E-state index contributed by atoms with van der Waals surface area (Å²) in [7, 11) is 0. The third kappa shape index (κ3) is 4.04. The van der Waals surface area contributed by atoms with Gasteiger partial charge in [-0.3, -0.25) is 0 Å². The predicted molar refractivity (Wildman–Crippen MR) is 68.5 cm³/mol. The van der Waals surface area contributed by atoms with E-state index in [1.807, 2.05) is 6.07 Å². The van der Waals surface area contributed by atoms with Gasteiger partial charge in [0.15, 0.2) is 0 Å². The molecule has 4 nitrogen and oxygen atoms in total. The van der Waals surface area contributed by atoms with Crippen LogP contribution in [0.5, 0.6) is 0 Å². The van der Waals surface area contributed by atoms with E-state index in [1.54, 1.807) is 0 Å². The van der Waals surface area contributed by atoms with Crippen LogP contribution in [0.4, 0.5) is 11.6 Å². The van der Waals surface area contributed by atoms with Gasteiger partial charge in [-0.1, -0.05) is 26.7 Å². The van der Waals surface area contributed by atoms with E-state index >= 15 is 0 Å². The third-order valence-corrected chi connectivity index (χ3v) is 2.56. The lowest BCUT2D eigenvalue weighted by molar-refractivity contribution is 0.670. The number of hydrogen-bond acceptors (Lipinski definition) is 4. The van der Waals surface area contributed by atoms with Gasteiger partial charge < -0.3 is 10.6 Å². The monoisotopic (exact) mass is 222 g/mol. The minimum absolute atomic E-state index is 0.544. The average molecular weight is 222 g/mol. The van der Waals surface area contributed by atoms with Crippen LogP contribution in [-0.2, 0) is 0 Å². The van der Waals surface area contributed by atoms with Crippen molar-refractivity contribution in [1.82, 2.24) is 9.97 Å². The van der Waals surface area contributed by atoms with Gasteiger partial charge in [-0.25, -0.2) is 9.97 Å². The van der Waals surface area contributed by atoms with Crippen LogP contribution in [0.1, 0.15) is 39.5 Å². The zero-order valence-electron chi connectivity index (χ0n) is 10.3. The van der Waals surface area contributed by atoms with Gasteiger partial charge in [0, 0.05) is 19.2 Å². The Morgan fingerprint density at radius 2 is 1.75 bits per heavy atom. The lowest BCUT2D eigenvalue weighted by atomic mass is 10.2. The molecule has 0 aliphatic carbocycles. The summed E-state index contributed by atoms with van der Waals surface area (Å²) in [6.45, 7) is 6.50. The standard InChI is InChI=1S/C12H22N4/c1-3-5-7-16(8-6-4-2)12-9-11(13)14-10-15-12/h9-10H,3-8H2,1-2H3,(H2,13,14,15). The fraction of sp³-hybridized carbons (Fsp3) is 0.667. The molecule has 1 aromatic heterocycles. The maximum atomic E-state index is 5.68. The Morgan fingerprint density at radius 1 is 1.12 bits per heavy atom. The van der Waals surface area contributed by atoms with Crippen LogP contribution in [0.3, 0.4) is 0 Å². The molecule has 0 radical (unpaired) electrons. The number of anilines is 2. The number of nitrogens with zero attached hydrogens (tertiary/aromatic N) is 3. The summed E-state index contributed by atoms with van der Waals surface area (Å²) in [4.78, 5) is 10.5. The van der Waals surface area contributed by atoms with Crippen molar-refractivity contribution in [3.63, 3.8) is 0 Å². The molecule has 0 aromatic carbocycles. The minimum Gasteiger partial charge on any atom is -0.384 e. The first-order valence-corrected chi connectivity index (χ1v) is 6.10. The van der Waals surface area contributed by atoms with Crippen LogP contribution >= 0.6 is 0 Å². The summed E-state index contributed by atoms with van der Waals surface area (Å²) in [5.74, 6) is 1.50. The van der Waals surface area contributed by atoms with Crippen molar-refractivity contribution in [2.75, 3.05) is 23.7 Å². The molecule has 0 fully saturated rings. The molecule has 0 aliphatic heterocycles. The second-order valence-electron chi connectivity index (χ2n) is 4.00.